The number of H-pyrrole nitrogens is 1. The maximum absolute atomic E-state index is 14.3. The first-order chi connectivity index (χ1) is 10.7. The van der Waals surface area contributed by atoms with E-state index in [-0.39, 0.29) is 17.8 Å². The van der Waals surface area contributed by atoms with Gasteiger partial charge in [-0.2, -0.15) is 5.10 Å². The van der Waals surface area contributed by atoms with Gasteiger partial charge >= 0.3 is 0 Å². The van der Waals surface area contributed by atoms with Crippen LogP contribution in [-0.4, -0.2) is 51.5 Å². The van der Waals surface area contributed by atoms with Crippen LogP contribution in [0.25, 0.3) is 0 Å². The van der Waals surface area contributed by atoms with E-state index >= 15 is 0 Å². The van der Waals surface area contributed by atoms with E-state index in [1.807, 2.05) is 14.0 Å². The molecule has 2 aromatic heterocycles. The van der Waals surface area contributed by atoms with Gasteiger partial charge in [0.05, 0.1) is 11.8 Å². The molecule has 1 fully saturated rings. The lowest BCUT2D eigenvalue weighted by Gasteiger charge is -2.25. The third-order valence-electron chi connectivity index (χ3n) is 3.99. The molecule has 0 saturated carbocycles. The van der Waals surface area contributed by atoms with Gasteiger partial charge in [0.25, 0.3) is 0 Å². The molecule has 1 N–H and O–H groups in total. The molecule has 0 spiro atoms. The summed E-state index contributed by atoms with van der Waals surface area (Å²) in [6.45, 7) is 3.06. The van der Waals surface area contributed by atoms with E-state index in [0.29, 0.717) is 31.1 Å². The standard InChI is InChI=1S/C14H19FN6O/c1-3-10-12(15)14(18-7-16-10)21(2)6-11-9(4-5-22-11)13-17-8-19-20-13/h7-9,11H,3-6H2,1-2H3,(H,17,19,20)/t9-,11-/m1/s1. The minimum atomic E-state index is -0.360. The van der Waals surface area contributed by atoms with Gasteiger partial charge in [-0.15, -0.1) is 0 Å². The summed E-state index contributed by atoms with van der Waals surface area (Å²) in [5, 5.41) is 6.78. The zero-order chi connectivity index (χ0) is 15.5. The van der Waals surface area contributed by atoms with Crippen molar-refractivity contribution in [3.05, 3.63) is 30.0 Å². The number of nitrogens with one attached hydrogen (secondary N) is 1. The Hall–Kier alpha value is -2.09. The highest BCUT2D eigenvalue weighted by Crippen LogP contribution is 2.30. The Balaban J connectivity index is 1.75. The molecule has 3 heterocycles. The zero-order valence-corrected chi connectivity index (χ0v) is 12.7. The van der Waals surface area contributed by atoms with Crippen LogP contribution in [-0.2, 0) is 11.2 Å². The number of aromatic nitrogens is 5. The number of nitrogens with zero attached hydrogens (tertiary/aromatic N) is 5. The second-order valence-electron chi connectivity index (χ2n) is 5.37. The molecule has 0 aromatic carbocycles. The number of aryl methyl sites for hydroxylation is 1. The van der Waals surface area contributed by atoms with Gasteiger partial charge in [-0.1, -0.05) is 6.92 Å². The van der Waals surface area contributed by atoms with Crippen molar-refractivity contribution in [2.45, 2.75) is 31.8 Å². The number of ether oxygens (including phenoxy) is 1. The number of hydrogen-bond acceptors (Lipinski definition) is 6. The van der Waals surface area contributed by atoms with Crippen LogP contribution in [0.2, 0.25) is 0 Å². The molecule has 2 aromatic rings. The Morgan fingerprint density at radius 1 is 1.36 bits per heavy atom. The predicted octanol–water partition coefficient (Wildman–Crippen LogP) is 1.31. The summed E-state index contributed by atoms with van der Waals surface area (Å²) >= 11 is 0. The molecule has 22 heavy (non-hydrogen) atoms. The number of anilines is 1. The highest BCUT2D eigenvalue weighted by atomic mass is 19.1. The van der Waals surface area contributed by atoms with E-state index in [9.17, 15) is 4.39 Å². The molecule has 1 aliphatic heterocycles. The lowest BCUT2D eigenvalue weighted by Crippen LogP contribution is -2.33. The molecule has 1 aliphatic rings. The highest BCUT2D eigenvalue weighted by molar-refractivity contribution is 5.40. The van der Waals surface area contributed by atoms with Crippen molar-refractivity contribution in [1.82, 2.24) is 25.1 Å². The minimum Gasteiger partial charge on any atom is -0.376 e. The third kappa shape index (κ3) is 2.78. The SMILES string of the molecule is CCc1ncnc(N(C)C[C@H]2OCC[C@H]2c2ncn[nH]2)c1F. The van der Waals surface area contributed by atoms with Crippen molar-refractivity contribution in [3.63, 3.8) is 0 Å². The molecular weight excluding hydrogens is 287 g/mol. The van der Waals surface area contributed by atoms with Crippen LogP contribution in [0.15, 0.2) is 12.7 Å². The molecule has 7 nitrogen and oxygen atoms in total. The lowest BCUT2D eigenvalue weighted by molar-refractivity contribution is 0.108. The summed E-state index contributed by atoms with van der Waals surface area (Å²) in [4.78, 5) is 14.0. The van der Waals surface area contributed by atoms with E-state index in [1.54, 1.807) is 4.90 Å². The summed E-state index contributed by atoms with van der Waals surface area (Å²) in [7, 11) is 1.81. The monoisotopic (exact) mass is 306 g/mol. The molecular formula is C14H19FN6O. The van der Waals surface area contributed by atoms with Gasteiger partial charge in [0.15, 0.2) is 11.6 Å². The Morgan fingerprint density at radius 2 is 2.23 bits per heavy atom. The summed E-state index contributed by atoms with van der Waals surface area (Å²) in [6, 6.07) is 0. The Kier molecular flexibility index (Phi) is 4.28. The van der Waals surface area contributed by atoms with Gasteiger partial charge in [-0.05, 0) is 12.8 Å². The molecule has 1 saturated heterocycles. The fraction of sp³-hybridized carbons (Fsp3) is 0.571. The fourth-order valence-corrected chi connectivity index (χ4v) is 2.80. The highest BCUT2D eigenvalue weighted by Gasteiger charge is 2.33. The van der Waals surface area contributed by atoms with Gasteiger partial charge in [0.1, 0.15) is 18.5 Å². The van der Waals surface area contributed by atoms with Crippen LogP contribution in [0.3, 0.4) is 0 Å². The van der Waals surface area contributed by atoms with Crippen LogP contribution in [0.4, 0.5) is 10.2 Å². The maximum Gasteiger partial charge on any atom is 0.187 e. The summed E-state index contributed by atoms with van der Waals surface area (Å²) < 4.78 is 20.1. The molecule has 0 unspecified atom stereocenters. The molecule has 3 rings (SSSR count). The number of halogens is 1. The van der Waals surface area contributed by atoms with E-state index in [4.69, 9.17) is 4.74 Å². The van der Waals surface area contributed by atoms with Crippen LogP contribution in [0, 0.1) is 5.82 Å². The number of rotatable bonds is 5. The lowest BCUT2D eigenvalue weighted by atomic mass is 10.0. The van der Waals surface area contributed by atoms with E-state index < -0.39 is 0 Å². The van der Waals surface area contributed by atoms with Crippen LogP contribution >= 0.6 is 0 Å². The molecule has 2 atom stereocenters. The topological polar surface area (TPSA) is 79.8 Å². The van der Waals surface area contributed by atoms with E-state index in [2.05, 4.69) is 25.1 Å². The molecule has 0 bridgehead atoms. The Bertz CT molecular complexity index is 620. The van der Waals surface area contributed by atoms with Gasteiger partial charge in [-0.25, -0.2) is 19.3 Å². The smallest absolute Gasteiger partial charge is 0.187 e. The first-order valence-corrected chi connectivity index (χ1v) is 7.38. The van der Waals surface area contributed by atoms with Gasteiger partial charge in [-0.3, -0.25) is 5.10 Å². The second kappa shape index (κ2) is 6.35. The van der Waals surface area contributed by atoms with Crippen LogP contribution in [0.1, 0.15) is 30.8 Å². The Labute approximate surface area is 127 Å². The normalized spacial score (nSPS) is 21.2. The maximum atomic E-state index is 14.3. The number of hydrogen-bond donors (Lipinski definition) is 1. The summed E-state index contributed by atoms with van der Waals surface area (Å²) in [5.41, 5.74) is 0.427. The van der Waals surface area contributed by atoms with Gasteiger partial charge in [0, 0.05) is 26.1 Å². The van der Waals surface area contributed by atoms with Crippen molar-refractivity contribution >= 4 is 5.82 Å². The largest absolute Gasteiger partial charge is 0.376 e. The van der Waals surface area contributed by atoms with E-state index in [0.717, 1.165) is 12.2 Å². The number of aromatic amines is 1. The average molecular weight is 306 g/mol. The minimum absolute atomic E-state index is 0.0719. The first-order valence-electron chi connectivity index (χ1n) is 7.38. The van der Waals surface area contributed by atoms with Crippen molar-refractivity contribution in [2.75, 3.05) is 25.1 Å². The van der Waals surface area contributed by atoms with Crippen molar-refractivity contribution in [2.24, 2.45) is 0 Å². The Morgan fingerprint density at radius 3 is 2.95 bits per heavy atom. The first kappa shape index (κ1) is 14.8. The fourth-order valence-electron chi connectivity index (χ4n) is 2.80. The molecule has 0 amide bonds. The quantitative estimate of drug-likeness (QED) is 0.897. The van der Waals surface area contributed by atoms with Gasteiger partial charge in [0.2, 0.25) is 0 Å². The van der Waals surface area contributed by atoms with Crippen LogP contribution < -0.4 is 4.90 Å². The molecule has 118 valence electrons. The molecule has 0 aliphatic carbocycles. The molecule has 8 heteroatoms. The van der Waals surface area contributed by atoms with Crippen LogP contribution in [0.5, 0.6) is 0 Å². The summed E-state index contributed by atoms with van der Waals surface area (Å²) in [6.07, 6.45) is 4.23. The third-order valence-corrected chi connectivity index (χ3v) is 3.99. The second-order valence-corrected chi connectivity index (χ2v) is 5.37. The van der Waals surface area contributed by atoms with E-state index in [1.165, 1.54) is 12.7 Å². The summed E-state index contributed by atoms with van der Waals surface area (Å²) in [5.74, 6) is 0.897. The molecule has 0 radical (unpaired) electrons. The van der Waals surface area contributed by atoms with Crippen molar-refractivity contribution in [1.29, 1.82) is 0 Å². The predicted molar refractivity (Wildman–Crippen MR) is 78.1 cm³/mol. The van der Waals surface area contributed by atoms with Gasteiger partial charge < -0.3 is 9.64 Å². The van der Waals surface area contributed by atoms with Crippen molar-refractivity contribution in [3.8, 4) is 0 Å². The van der Waals surface area contributed by atoms with Crippen molar-refractivity contribution < 1.29 is 9.13 Å². The zero-order valence-electron chi connectivity index (χ0n) is 12.7. The number of likely N-dealkylation sites (N-methyl/N-ethyl adjacent to an activating group) is 1. The average Bonchev–Trinajstić information content (AvgIpc) is 3.18.